The number of ether oxygens (including phenoxy) is 1. The maximum Gasteiger partial charge on any atom is 0.255 e. The van der Waals surface area contributed by atoms with E-state index < -0.39 is 0 Å². The molecule has 0 bridgehead atoms. The van der Waals surface area contributed by atoms with Crippen molar-refractivity contribution in [1.29, 1.82) is 0 Å². The van der Waals surface area contributed by atoms with Gasteiger partial charge in [0, 0.05) is 11.3 Å². The Hall–Kier alpha value is -3.07. The Morgan fingerprint density at radius 3 is 1.88 bits per heavy atom. The molecule has 1 N–H and O–H groups in total. The average Bonchev–Trinajstić information content (AvgIpc) is 2.67. The van der Waals surface area contributed by atoms with Crippen LogP contribution >= 0.6 is 0 Å². The van der Waals surface area contributed by atoms with E-state index in [4.69, 9.17) is 4.74 Å². The van der Waals surface area contributed by atoms with Gasteiger partial charge in [-0.2, -0.15) is 0 Å². The van der Waals surface area contributed by atoms with Gasteiger partial charge in [-0.3, -0.25) is 4.79 Å². The number of rotatable bonds is 4. The van der Waals surface area contributed by atoms with Gasteiger partial charge in [-0.15, -0.1) is 0 Å². The molecular weight excluding hydrogens is 322 g/mol. The van der Waals surface area contributed by atoms with Gasteiger partial charge in [0.05, 0.1) is 0 Å². The molecule has 0 aliphatic carbocycles. The third-order valence-corrected chi connectivity index (χ3v) is 3.76. The van der Waals surface area contributed by atoms with Crippen molar-refractivity contribution in [3.63, 3.8) is 0 Å². The highest BCUT2D eigenvalue weighted by Crippen LogP contribution is 2.23. The molecule has 3 aromatic carbocycles. The van der Waals surface area contributed by atoms with E-state index in [-0.39, 0.29) is 5.91 Å². The van der Waals surface area contributed by atoms with Crippen LogP contribution in [0.25, 0.3) is 0 Å². The normalized spacial score (nSPS) is 9.69. The van der Waals surface area contributed by atoms with Crippen molar-refractivity contribution in [3.8, 4) is 11.5 Å². The van der Waals surface area contributed by atoms with Crippen LogP contribution in [0.1, 0.15) is 35.3 Å². The minimum absolute atomic E-state index is 0.111. The number of hydrogen-bond donors (Lipinski definition) is 1. The largest absolute Gasteiger partial charge is 0.457 e. The van der Waals surface area contributed by atoms with Crippen molar-refractivity contribution in [1.82, 2.24) is 0 Å². The molecule has 3 nitrogen and oxygen atoms in total. The monoisotopic (exact) mass is 347 g/mol. The van der Waals surface area contributed by atoms with E-state index in [1.165, 1.54) is 5.56 Å². The smallest absolute Gasteiger partial charge is 0.255 e. The molecule has 0 saturated heterocycles. The highest BCUT2D eigenvalue weighted by molar-refractivity contribution is 6.05. The SMILES string of the molecule is CC.Cc1ccc(Oc2ccc(NC(=O)c3ccccc3C)cc2)cc1. The fourth-order valence-electron chi connectivity index (χ4n) is 2.37. The summed E-state index contributed by atoms with van der Waals surface area (Å²) in [6, 6.07) is 22.8. The van der Waals surface area contributed by atoms with Crippen LogP contribution in [0.3, 0.4) is 0 Å². The summed E-state index contributed by atoms with van der Waals surface area (Å²) in [5, 5.41) is 2.90. The first-order valence-corrected chi connectivity index (χ1v) is 8.83. The third-order valence-electron chi connectivity index (χ3n) is 3.76. The highest BCUT2D eigenvalue weighted by atomic mass is 16.5. The minimum atomic E-state index is -0.111. The van der Waals surface area contributed by atoms with Crippen molar-refractivity contribution < 1.29 is 9.53 Å². The van der Waals surface area contributed by atoms with Crippen molar-refractivity contribution >= 4 is 11.6 Å². The zero-order valence-corrected chi connectivity index (χ0v) is 15.7. The first-order valence-electron chi connectivity index (χ1n) is 8.83. The molecule has 0 unspecified atom stereocenters. The number of benzene rings is 3. The lowest BCUT2D eigenvalue weighted by Crippen LogP contribution is -2.13. The lowest BCUT2D eigenvalue weighted by atomic mass is 10.1. The molecule has 134 valence electrons. The average molecular weight is 347 g/mol. The van der Waals surface area contributed by atoms with Gasteiger partial charge in [0.1, 0.15) is 11.5 Å². The van der Waals surface area contributed by atoms with E-state index in [2.05, 4.69) is 5.32 Å². The third kappa shape index (κ3) is 5.21. The van der Waals surface area contributed by atoms with Crippen LogP contribution in [-0.2, 0) is 0 Å². The van der Waals surface area contributed by atoms with Crippen molar-refractivity contribution in [2.75, 3.05) is 5.32 Å². The summed E-state index contributed by atoms with van der Waals surface area (Å²) in [4.78, 5) is 12.3. The molecule has 0 heterocycles. The Morgan fingerprint density at radius 1 is 0.769 bits per heavy atom. The Morgan fingerprint density at radius 2 is 1.31 bits per heavy atom. The lowest BCUT2D eigenvalue weighted by molar-refractivity contribution is 0.102. The quantitative estimate of drug-likeness (QED) is 0.595. The van der Waals surface area contributed by atoms with E-state index in [0.717, 1.165) is 22.7 Å². The van der Waals surface area contributed by atoms with E-state index in [0.29, 0.717) is 5.56 Å². The summed E-state index contributed by atoms with van der Waals surface area (Å²) in [7, 11) is 0. The Balaban J connectivity index is 0.00000117. The number of amides is 1. The first kappa shape index (κ1) is 19.3. The van der Waals surface area contributed by atoms with Gasteiger partial charge in [0.15, 0.2) is 0 Å². The fraction of sp³-hybridized carbons (Fsp3) is 0.174. The molecule has 0 saturated carbocycles. The van der Waals surface area contributed by atoms with Crippen LogP contribution < -0.4 is 10.1 Å². The predicted octanol–water partition coefficient (Wildman–Crippen LogP) is 6.37. The van der Waals surface area contributed by atoms with E-state index in [1.54, 1.807) is 0 Å². The summed E-state index contributed by atoms with van der Waals surface area (Å²) in [6.45, 7) is 7.96. The summed E-state index contributed by atoms with van der Waals surface area (Å²) < 4.78 is 5.78. The molecule has 0 atom stereocenters. The van der Waals surface area contributed by atoms with Gasteiger partial charge in [-0.1, -0.05) is 49.7 Å². The Kier molecular flexibility index (Phi) is 6.98. The summed E-state index contributed by atoms with van der Waals surface area (Å²) >= 11 is 0. The Bertz CT molecular complexity index is 837. The van der Waals surface area contributed by atoms with Crippen LogP contribution in [-0.4, -0.2) is 5.91 Å². The van der Waals surface area contributed by atoms with Gasteiger partial charge in [0.25, 0.3) is 5.91 Å². The summed E-state index contributed by atoms with van der Waals surface area (Å²) in [5.74, 6) is 1.41. The fourth-order valence-corrected chi connectivity index (χ4v) is 2.37. The molecule has 0 aliphatic heterocycles. The van der Waals surface area contributed by atoms with E-state index >= 15 is 0 Å². The van der Waals surface area contributed by atoms with Crippen LogP contribution in [0.5, 0.6) is 11.5 Å². The second kappa shape index (κ2) is 9.42. The zero-order valence-electron chi connectivity index (χ0n) is 15.7. The topological polar surface area (TPSA) is 38.3 Å². The standard InChI is InChI=1S/C21H19NO2.C2H6/c1-15-7-11-18(12-8-15)24-19-13-9-17(10-14-19)22-21(23)20-6-4-3-5-16(20)2;1-2/h3-14H,1-2H3,(H,22,23);1-2H3. The molecule has 0 spiro atoms. The lowest BCUT2D eigenvalue weighted by Gasteiger charge is -2.09. The van der Waals surface area contributed by atoms with Crippen molar-refractivity contribution in [2.45, 2.75) is 27.7 Å². The molecule has 0 aromatic heterocycles. The van der Waals surface area contributed by atoms with Crippen molar-refractivity contribution in [2.24, 2.45) is 0 Å². The maximum atomic E-state index is 12.3. The van der Waals surface area contributed by atoms with Crippen LogP contribution in [0, 0.1) is 13.8 Å². The van der Waals surface area contributed by atoms with Gasteiger partial charge in [-0.25, -0.2) is 0 Å². The molecule has 26 heavy (non-hydrogen) atoms. The van der Waals surface area contributed by atoms with Crippen LogP contribution in [0.2, 0.25) is 0 Å². The molecule has 3 rings (SSSR count). The molecule has 0 fully saturated rings. The molecule has 3 aromatic rings. The number of anilines is 1. The number of carbonyl (C=O) groups excluding carboxylic acids is 1. The summed E-state index contributed by atoms with van der Waals surface area (Å²) in [5.41, 5.74) is 3.56. The van der Waals surface area contributed by atoms with Gasteiger partial charge in [-0.05, 0) is 61.9 Å². The van der Waals surface area contributed by atoms with E-state index in [9.17, 15) is 4.79 Å². The van der Waals surface area contributed by atoms with Gasteiger partial charge in [0.2, 0.25) is 0 Å². The summed E-state index contributed by atoms with van der Waals surface area (Å²) in [6.07, 6.45) is 0. The van der Waals surface area contributed by atoms with Gasteiger partial charge < -0.3 is 10.1 Å². The Labute approximate surface area is 155 Å². The molecular formula is C23H25NO2. The van der Waals surface area contributed by atoms with E-state index in [1.807, 2.05) is 100 Å². The number of nitrogens with one attached hydrogen (secondary N) is 1. The number of hydrogen-bond acceptors (Lipinski definition) is 2. The second-order valence-electron chi connectivity index (χ2n) is 5.71. The first-order chi connectivity index (χ1) is 12.6. The number of carbonyl (C=O) groups is 1. The second-order valence-corrected chi connectivity index (χ2v) is 5.71. The van der Waals surface area contributed by atoms with Crippen LogP contribution in [0.15, 0.2) is 72.8 Å². The highest BCUT2D eigenvalue weighted by Gasteiger charge is 2.08. The van der Waals surface area contributed by atoms with Crippen molar-refractivity contribution in [3.05, 3.63) is 89.5 Å². The predicted molar refractivity (Wildman–Crippen MR) is 108 cm³/mol. The molecule has 0 aliphatic rings. The van der Waals surface area contributed by atoms with Gasteiger partial charge >= 0.3 is 0 Å². The maximum absolute atomic E-state index is 12.3. The zero-order chi connectivity index (χ0) is 18.9. The van der Waals surface area contributed by atoms with Crippen LogP contribution in [0.4, 0.5) is 5.69 Å². The molecule has 0 radical (unpaired) electrons. The molecule has 1 amide bonds. The number of aryl methyl sites for hydroxylation is 2. The molecule has 3 heteroatoms. The minimum Gasteiger partial charge on any atom is -0.457 e.